The highest BCUT2D eigenvalue weighted by atomic mass is 19.1. The first-order valence-corrected chi connectivity index (χ1v) is 13.5. The molecule has 1 aromatic carbocycles. The van der Waals surface area contributed by atoms with E-state index >= 15 is 4.39 Å². The zero-order chi connectivity index (χ0) is 25.6. The lowest BCUT2D eigenvalue weighted by molar-refractivity contribution is -0.136. The number of benzene rings is 1. The minimum atomic E-state index is -1.04. The number of piperidine rings is 1. The van der Waals surface area contributed by atoms with E-state index in [4.69, 9.17) is 0 Å². The zero-order valence-corrected chi connectivity index (χ0v) is 21.2. The summed E-state index contributed by atoms with van der Waals surface area (Å²) in [5.74, 6) is -0.155. The Bertz CT molecular complexity index is 1090. The number of rotatable bonds is 7. The first-order chi connectivity index (χ1) is 17.3. The Hall–Kier alpha value is -2.61. The Labute approximate surface area is 211 Å². The van der Waals surface area contributed by atoms with Gasteiger partial charge >= 0.3 is 0 Å². The van der Waals surface area contributed by atoms with Gasteiger partial charge in [0.25, 0.3) is 11.8 Å². The molecule has 0 aromatic heterocycles. The van der Waals surface area contributed by atoms with Crippen LogP contribution in [0, 0.1) is 29.5 Å². The Morgan fingerprint density at radius 1 is 0.972 bits per heavy atom. The van der Waals surface area contributed by atoms with Gasteiger partial charge in [-0.1, -0.05) is 20.3 Å². The van der Waals surface area contributed by atoms with Crippen LogP contribution in [0.25, 0.3) is 0 Å². The van der Waals surface area contributed by atoms with Crippen molar-refractivity contribution in [3.8, 4) is 0 Å². The minimum absolute atomic E-state index is 0.00271. The minimum Gasteiger partial charge on any atom is -0.303 e. The molecule has 194 valence electrons. The molecule has 0 spiro atoms. The van der Waals surface area contributed by atoms with E-state index < -0.39 is 35.5 Å². The number of halogens is 1. The van der Waals surface area contributed by atoms with Crippen molar-refractivity contribution in [1.82, 2.24) is 15.1 Å². The molecule has 36 heavy (non-hydrogen) atoms. The quantitative estimate of drug-likeness (QED) is 0.582. The van der Waals surface area contributed by atoms with Crippen molar-refractivity contribution in [3.63, 3.8) is 0 Å². The van der Waals surface area contributed by atoms with Crippen LogP contribution >= 0.6 is 0 Å². The van der Waals surface area contributed by atoms with Crippen LogP contribution in [0.15, 0.2) is 12.1 Å². The van der Waals surface area contributed by atoms with E-state index in [9.17, 15) is 19.2 Å². The van der Waals surface area contributed by atoms with E-state index in [0.717, 1.165) is 36.3 Å². The van der Waals surface area contributed by atoms with Crippen LogP contribution in [0.3, 0.4) is 0 Å². The molecule has 3 heterocycles. The molecule has 0 bridgehead atoms. The summed E-state index contributed by atoms with van der Waals surface area (Å²) < 4.78 is 15.0. The van der Waals surface area contributed by atoms with Gasteiger partial charge in [-0.3, -0.25) is 29.4 Å². The van der Waals surface area contributed by atoms with E-state index in [2.05, 4.69) is 24.1 Å². The van der Waals surface area contributed by atoms with Gasteiger partial charge < -0.3 is 4.90 Å². The molecule has 5 unspecified atom stereocenters. The lowest BCUT2D eigenvalue weighted by Crippen LogP contribution is -2.54. The fraction of sp³-hybridized carbons (Fsp3) is 0.643. The average Bonchev–Trinajstić information content (AvgIpc) is 3.51. The maximum atomic E-state index is 15.0. The summed E-state index contributed by atoms with van der Waals surface area (Å²) >= 11 is 0. The van der Waals surface area contributed by atoms with Gasteiger partial charge in [0.15, 0.2) is 0 Å². The molecule has 1 aliphatic carbocycles. The smallest absolute Gasteiger partial charge is 0.262 e. The van der Waals surface area contributed by atoms with Gasteiger partial charge in [-0.25, -0.2) is 4.39 Å². The largest absolute Gasteiger partial charge is 0.303 e. The molecule has 3 fully saturated rings. The fourth-order valence-corrected chi connectivity index (χ4v) is 6.68. The van der Waals surface area contributed by atoms with Crippen LogP contribution < -0.4 is 5.32 Å². The Kier molecular flexibility index (Phi) is 6.99. The monoisotopic (exact) mass is 497 g/mol. The third-order valence-electron chi connectivity index (χ3n) is 8.91. The van der Waals surface area contributed by atoms with Crippen molar-refractivity contribution < 1.29 is 23.6 Å². The standard InChI is InChI=1S/C28H36FN3O4/c1-3-18-19(22(18)15-31-11-4-5-16(2)10-12-31)7-6-17-13-20-21(14-23(17)29)28(36)32(27(20)35)24-8-9-25(33)30-26(24)34/h13-14,16,18-19,22,24H,3-12,15H2,1-2H3,(H,30,33,34). The summed E-state index contributed by atoms with van der Waals surface area (Å²) in [4.78, 5) is 53.2. The normalized spacial score (nSPS) is 30.9. The number of hydrogen-bond donors (Lipinski definition) is 1. The van der Waals surface area contributed by atoms with Crippen molar-refractivity contribution in [2.45, 2.75) is 71.3 Å². The Morgan fingerprint density at radius 2 is 1.72 bits per heavy atom. The third-order valence-corrected chi connectivity index (χ3v) is 8.91. The molecule has 5 atom stereocenters. The molecule has 3 aliphatic heterocycles. The lowest BCUT2D eigenvalue weighted by atomic mass is 10.00. The van der Waals surface area contributed by atoms with E-state index in [1.165, 1.54) is 38.4 Å². The number of aryl methyl sites for hydroxylation is 1. The molecule has 8 heteroatoms. The number of imide groups is 2. The second kappa shape index (κ2) is 10.0. The second-order valence-corrected chi connectivity index (χ2v) is 11.2. The number of fused-ring (bicyclic) bond motifs is 1. The van der Waals surface area contributed by atoms with Crippen LogP contribution in [-0.2, 0) is 16.0 Å². The van der Waals surface area contributed by atoms with Crippen LogP contribution in [0.2, 0.25) is 0 Å². The zero-order valence-electron chi connectivity index (χ0n) is 21.2. The fourth-order valence-electron chi connectivity index (χ4n) is 6.68. The number of carbonyl (C=O) groups is 4. The predicted octanol–water partition coefficient (Wildman–Crippen LogP) is 3.55. The van der Waals surface area contributed by atoms with Gasteiger partial charge in [-0.05, 0) is 93.0 Å². The van der Waals surface area contributed by atoms with Gasteiger partial charge in [0, 0.05) is 13.0 Å². The first-order valence-electron chi connectivity index (χ1n) is 13.5. The molecule has 2 saturated heterocycles. The van der Waals surface area contributed by atoms with Gasteiger partial charge in [-0.2, -0.15) is 0 Å². The van der Waals surface area contributed by atoms with Crippen molar-refractivity contribution in [1.29, 1.82) is 0 Å². The van der Waals surface area contributed by atoms with Gasteiger partial charge in [0.1, 0.15) is 11.9 Å². The molecular weight excluding hydrogens is 461 g/mol. The summed E-state index contributed by atoms with van der Waals surface area (Å²) in [5, 5.41) is 2.18. The van der Waals surface area contributed by atoms with Gasteiger partial charge in [-0.15, -0.1) is 0 Å². The molecular formula is C28H36FN3O4. The number of likely N-dealkylation sites (tertiary alicyclic amines) is 1. The van der Waals surface area contributed by atoms with Crippen LogP contribution in [0.5, 0.6) is 0 Å². The summed E-state index contributed by atoms with van der Waals surface area (Å²) in [7, 11) is 0. The van der Waals surface area contributed by atoms with Crippen LogP contribution in [0.1, 0.15) is 85.1 Å². The third kappa shape index (κ3) is 4.72. The maximum Gasteiger partial charge on any atom is 0.262 e. The number of carbonyl (C=O) groups excluding carboxylic acids is 4. The summed E-state index contributed by atoms with van der Waals surface area (Å²) in [6.45, 7) is 8.03. The van der Waals surface area contributed by atoms with Crippen LogP contribution in [-0.4, -0.2) is 59.1 Å². The highest BCUT2D eigenvalue weighted by Crippen LogP contribution is 2.51. The molecule has 1 N–H and O–H groups in total. The maximum absolute atomic E-state index is 15.0. The lowest BCUT2D eigenvalue weighted by Gasteiger charge is -2.27. The number of amides is 4. The molecule has 1 saturated carbocycles. The molecule has 5 rings (SSSR count). The number of nitrogens with zero attached hydrogens (tertiary/aromatic N) is 2. The number of hydrogen-bond acceptors (Lipinski definition) is 5. The molecule has 4 amide bonds. The van der Waals surface area contributed by atoms with Gasteiger partial charge in [0.05, 0.1) is 11.1 Å². The summed E-state index contributed by atoms with van der Waals surface area (Å²) in [6.07, 6.45) is 6.48. The average molecular weight is 498 g/mol. The van der Waals surface area contributed by atoms with Crippen molar-refractivity contribution >= 4 is 23.6 Å². The van der Waals surface area contributed by atoms with Crippen molar-refractivity contribution in [3.05, 3.63) is 34.6 Å². The molecule has 4 aliphatic rings. The summed E-state index contributed by atoms with van der Waals surface area (Å²) in [5.41, 5.74) is 0.598. The molecule has 7 nitrogen and oxygen atoms in total. The first kappa shape index (κ1) is 25.1. The van der Waals surface area contributed by atoms with Crippen LogP contribution in [0.4, 0.5) is 4.39 Å². The van der Waals surface area contributed by atoms with E-state index in [1.807, 2.05) is 0 Å². The topological polar surface area (TPSA) is 86.8 Å². The Balaban J connectivity index is 1.24. The van der Waals surface area contributed by atoms with E-state index in [1.54, 1.807) is 0 Å². The molecule has 1 aromatic rings. The SMILES string of the molecule is CCC1C(CCc2cc3c(cc2F)C(=O)N(C2CCC(=O)NC2=O)C3=O)C1CN1CCCC(C)CC1. The molecule has 0 radical (unpaired) electrons. The van der Waals surface area contributed by atoms with E-state index in [-0.39, 0.29) is 24.0 Å². The van der Waals surface area contributed by atoms with E-state index in [0.29, 0.717) is 29.7 Å². The highest BCUT2D eigenvalue weighted by molar-refractivity contribution is 6.23. The van der Waals surface area contributed by atoms with Crippen molar-refractivity contribution in [2.75, 3.05) is 19.6 Å². The second-order valence-electron chi connectivity index (χ2n) is 11.2. The Morgan fingerprint density at radius 3 is 2.44 bits per heavy atom. The predicted molar refractivity (Wildman–Crippen MR) is 132 cm³/mol. The van der Waals surface area contributed by atoms with Crippen molar-refractivity contribution in [2.24, 2.45) is 23.7 Å². The number of nitrogens with one attached hydrogen (secondary N) is 1. The van der Waals surface area contributed by atoms with Gasteiger partial charge in [0.2, 0.25) is 11.8 Å². The summed E-state index contributed by atoms with van der Waals surface area (Å²) in [6, 6.07) is 1.61. The highest BCUT2D eigenvalue weighted by Gasteiger charge is 2.49.